The summed E-state index contributed by atoms with van der Waals surface area (Å²) in [7, 11) is -1.49. The zero-order chi connectivity index (χ0) is 27.9. The van der Waals surface area contributed by atoms with E-state index < -0.39 is 15.8 Å². The van der Waals surface area contributed by atoms with Crippen LogP contribution in [-0.2, 0) is 0 Å². The predicted octanol–water partition coefficient (Wildman–Crippen LogP) is 7.36. The van der Waals surface area contributed by atoms with Crippen LogP contribution in [0.25, 0.3) is 0 Å². The second-order valence-corrected chi connectivity index (χ2v) is 14.1. The molecule has 0 atom stereocenters. The lowest BCUT2D eigenvalue weighted by atomic mass is 10.2. The highest BCUT2D eigenvalue weighted by Gasteiger charge is 2.26. The molecule has 0 N–H and O–H groups in total. The molecule has 0 unspecified atom stereocenters. The Morgan fingerprint density at radius 3 is 0.927 bits per heavy atom. The molecule has 0 amide bonds. The minimum Gasteiger partial charge on any atom is -0.341 e. The summed E-state index contributed by atoms with van der Waals surface area (Å²) in [5, 5.41) is 8.20. The number of hydrogen-bond donors (Lipinski definition) is 0. The lowest BCUT2D eigenvalue weighted by molar-refractivity contribution is 1.03. The van der Waals surface area contributed by atoms with Crippen LogP contribution in [-0.4, -0.2) is 6.54 Å². The van der Waals surface area contributed by atoms with Gasteiger partial charge in [0.25, 0.3) is 0 Å². The zero-order valence-electron chi connectivity index (χ0n) is 23.2. The molecule has 0 aromatic heterocycles. The topological polar surface area (TPSA) is 3.24 Å². The molecule has 6 rings (SSSR count). The van der Waals surface area contributed by atoms with Gasteiger partial charge in [-0.25, -0.2) is 0 Å². The van der Waals surface area contributed by atoms with Crippen molar-refractivity contribution in [3.8, 4) is 0 Å². The highest BCUT2D eigenvalue weighted by Crippen LogP contribution is 2.41. The van der Waals surface area contributed by atoms with Gasteiger partial charge in [-0.3, -0.25) is 0 Å². The molecule has 6 aromatic carbocycles. The minimum atomic E-state index is -0.744. The fourth-order valence-electron chi connectivity index (χ4n) is 5.40. The lowest BCUT2D eigenvalue weighted by Gasteiger charge is -2.33. The molecule has 0 fully saturated rings. The number of para-hydroxylation sites is 2. The van der Waals surface area contributed by atoms with Crippen molar-refractivity contribution >= 4 is 59.0 Å². The van der Waals surface area contributed by atoms with Crippen LogP contribution < -0.4 is 36.7 Å². The van der Waals surface area contributed by atoms with Gasteiger partial charge in [0, 0.05) is 28.5 Å². The Labute approximate surface area is 246 Å². The van der Waals surface area contributed by atoms with Crippen molar-refractivity contribution in [2.24, 2.45) is 0 Å². The van der Waals surface area contributed by atoms with Gasteiger partial charge in [0.05, 0.1) is 0 Å². The van der Waals surface area contributed by atoms with E-state index in [1.165, 1.54) is 43.2 Å². The molecular weight excluding hydrogens is 532 g/mol. The SMILES string of the molecule is CCN(c1ccccc1P(c1ccccc1)c1ccccc1)c1ccccc1P(c1ccccc1)c1ccccc1. The van der Waals surface area contributed by atoms with E-state index >= 15 is 0 Å². The van der Waals surface area contributed by atoms with E-state index in [1.54, 1.807) is 0 Å². The van der Waals surface area contributed by atoms with E-state index in [0.717, 1.165) is 6.54 Å². The molecule has 1 nitrogen and oxygen atoms in total. The molecule has 0 heterocycles. The number of anilines is 2. The minimum absolute atomic E-state index is 0.744. The molecule has 200 valence electrons. The highest BCUT2D eigenvalue weighted by atomic mass is 31.1. The zero-order valence-corrected chi connectivity index (χ0v) is 25.0. The summed E-state index contributed by atoms with van der Waals surface area (Å²) in [6, 6.07) is 62.0. The number of rotatable bonds is 9. The Morgan fingerprint density at radius 1 is 0.366 bits per heavy atom. The summed E-state index contributed by atoms with van der Waals surface area (Å²) in [6.07, 6.45) is 0. The molecule has 0 spiro atoms. The summed E-state index contributed by atoms with van der Waals surface area (Å²) in [4.78, 5) is 2.53. The van der Waals surface area contributed by atoms with Crippen molar-refractivity contribution in [3.05, 3.63) is 170 Å². The van der Waals surface area contributed by atoms with Crippen molar-refractivity contribution in [2.75, 3.05) is 11.4 Å². The Hall–Kier alpha value is -4.02. The molecule has 0 radical (unpaired) electrons. The van der Waals surface area contributed by atoms with E-state index in [4.69, 9.17) is 0 Å². The predicted molar refractivity (Wildman–Crippen MR) is 183 cm³/mol. The Morgan fingerprint density at radius 2 is 0.634 bits per heavy atom. The van der Waals surface area contributed by atoms with Crippen molar-refractivity contribution < 1.29 is 0 Å². The second-order valence-electron chi connectivity index (χ2n) is 9.73. The summed E-state index contributed by atoms with van der Waals surface area (Å²) < 4.78 is 0. The van der Waals surface area contributed by atoms with Gasteiger partial charge in [0.1, 0.15) is 0 Å². The van der Waals surface area contributed by atoms with Gasteiger partial charge in [-0.05, 0) is 56.1 Å². The summed E-state index contributed by atoms with van der Waals surface area (Å²) in [5.41, 5.74) is 2.55. The van der Waals surface area contributed by atoms with Crippen molar-refractivity contribution in [2.45, 2.75) is 6.92 Å². The van der Waals surface area contributed by atoms with E-state index in [-0.39, 0.29) is 0 Å². The maximum Gasteiger partial charge on any atom is 0.0495 e. The normalized spacial score (nSPS) is 11.1. The van der Waals surface area contributed by atoms with E-state index in [9.17, 15) is 0 Å². The Bertz CT molecular complexity index is 1470. The maximum atomic E-state index is 2.53. The molecule has 0 bridgehead atoms. The summed E-state index contributed by atoms with van der Waals surface area (Å²) >= 11 is 0. The first-order valence-corrected chi connectivity index (χ1v) is 16.8. The third-order valence-corrected chi connectivity index (χ3v) is 12.2. The van der Waals surface area contributed by atoms with Gasteiger partial charge in [-0.2, -0.15) is 0 Å². The molecule has 3 heteroatoms. The number of nitrogens with zero attached hydrogens (tertiary/aromatic N) is 1. The molecule has 6 aromatic rings. The van der Waals surface area contributed by atoms with Crippen molar-refractivity contribution in [3.63, 3.8) is 0 Å². The van der Waals surface area contributed by atoms with Gasteiger partial charge in [-0.15, -0.1) is 0 Å². The van der Waals surface area contributed by atoms with Gasteiger partial charge in [-0.1, -0.05) is 158 Å². The van der Waals surface area contributed by atoms with Crippen LogP contribution in [0, 0.1) is 0 Å². The molecule has 0 saturated carbocycles. The third kappa shape index (κ3) is 5.89. The van der Waals surface area contributed by atoms with Gasteiger partial charge in [0.15, 0.2) is 0 Å². The van der Waals surface area contributed by atoms with Crippen LogP contribution in [0.5, 0.6) is 0 Å². The van der Waals surface area contributed by atoms with Crippen LogP contribution in [0.2, 0.25) is 0 Å². The molecular formula is C38H33NP2. The molecule has 0 aliphatic heterocycles. The molecule has 0 saturated heterocycles. The van der Waals surface area contributed by atoms with E-state index in [2.05, 4.69) is 182 Å². The average molecular weight is 566 g/mol. The highest BCUT2D eigenvalue weighted by molar-refractivity contribution is 7.80. The number of hydrogen-bond acceptors (Lipinski definition) is 1. The number of benzene rings is 6. The fourth-order valence-corrected chi connectivity index (χ4v) is 10.3. The quantitative estimate of drug-likeness (QED) is 0.166. The van der Waals surface area contributed by atoms with Gasteiger partial charge >= 0.3 is 0 Å². The smallest absolute Gasteiger partial charge is 0.0495 e. The maximum absolute atomic E-state index is 2.53. The summed E-state index contributed by atoms with van der Waals surface area (Å²) in [5.74, 6) is 0. The van der Waals surface area contributed by atoms with Crippen molar-refractivity contribution in [1.29, 1.82) is 0 Å². The van der Waals surface area contributed by atoms with Crippen molar-refractivity contribution in [1.82, 2.24) is 0 Å². The first kappa shape index (κ1) is 27.2. The summed E-state index contributed by atoms with van der Waals surface area (Å²) in [6.45, 7) is 3.14. The third-order valence-electron chi connectivity index (χ3n) is 7.20. The average Bonchev–Trinajstić information content (AvgIpc) is 3.05. The van der Waals surface area contributed by atoms with Crippen LogP contribution in [0.15, 0.2) is 170 Å². The Balaban J connectivity index is 1.53. The molecule has 41 heavy (non-hydrogen) atoms. The fraction of sp³-hybridized carbons (Fsp3) is 0.0526. The van der Waals surface area contributed by atoms with E-state index in [0.29, 0.717) is 0 Å². The lowest BCUT2D eigenvalue weighted by Crippen LogP contribution is -2.31. The first-order chi connectivity index (χ1) is 20.3. The monoisotopic (exact) mass is 565 g/mol. The van der Waals surface area contributed by atoms with E-state index in [1.807, 2.05) is 0 Å². The van der Waals surface area contributed by atoms with Crippen LogP contribution in [0.1, 0.15) is 6.92 Å². The first-order valence-electron chi connectivity index (χ1n) is 14.1. The molecule has 0 aliphatic carbocycles. The Kier molecular flexibility index (Phi) is 8.68. The van der Waals surface area contributed by atoms with Gasteiger partial charge in [0.2, 0.25) is 0 Å². The molecule has 0 aliphatic rings. The standard InChI is InChI=1S/C38H33NP2/c1-2-39(35-27-15-17-29-37(35)40(31-19-7-3-8-20-31)32-21-9-4-10-22-32)36-28-16-18-30-38(36)41(33-23-11-5-12-24-33)34-25-13-6-14-26-34/h3-30H,2H2,1H3. The van der Waals surface area contributed by atoms with Crippen LogP contribution >= 0.6 is 15.8 Å². The van der Waals surface area contributed by atoms with Crippen LogP contribution in [0.3, 0.4) is 0 Å². The largest absolute Gasteiger partial charge is 0.341 e. The second kappa shape index (κ2) is 13.1. The van der Waals surface area contributed by atoms with Gasteiger partial charge < -0.3 is 4.90 Å². The van der Waals surface area contributed by atoms with Crippen LogP contribution in [0.4, 0.5) is 11.4 Å².